The molecular weight excluding hydrogens is 247 g/mol. The van der Waals surface area contributed by atoms with Crippen LogP contribution in [-0.4, -0.2) is 9.97 Å². The smallest absolute Gasteiger partial charge is 0.224 e. The molecule has 0 aliphatic carbocycles. The van der Waals surface area contributed by atoms with Crippen LogP contribution in [-0.2, 0) is 6.61 Å². The van der Waals surface area contributed by atoms with Crippen LogP contribution >= 0.6 is 23.2 Å². The van der Waals surface area contributed by atoms with Gasteiger partial charge in [-0.05, 0) is 23.7 Å². The molecule has 2 aromatic rings. The van der Waals surface area contributed by atoms with E-state index in [1.165, 1.54) is 0 Å². The Morgan fingerprint density at radius 2 is 1.94 bits per heavy atom. The van der Waals surface area contributed by atoms with E-state index in [2.05, 4.69) is 9.97 Å². The molecule has 0 spiro atoms. The maximum atomic E-state index is 6.00. The first-order chi connectivity index (χ1) is 7.75. The van der Waals surface area contributed by atoms with Crippen molar-refractivity contribution in [3.05, 3.63) is 40.3 Å². The van der Waals surface area contributed by atoms with Gasteiger partial charge in [0.1, 0.15) is 17.5 Å². The van der Waals surface area contributed by atoms with E-state index in [-0.39, 0.29) is 5.28 Å². The van der Waals surface area contributed by atoms with E-state index in [1.54, 1.807) is 0 Å². The number of benzene rings is 1. The first-order valence-electron chi connectivity index (χ1n) is 4.70. The molecule has 1 aliphatic heterocycles. The van der Waals surface area contributed by atoms with E-state index in [0.29, 0.717) is 11.8 Å². The molecule has 0 saturated carbocycles. The van der Waals surface area contributed by atoms with Crippen molar-refractivity contribution in [2.75, 3.05) is 0 Å². The SMILES string of the molecule is Clc1nc(Cl)c2c(n1)-c1ccccc1OC2. The highest BCUT2D eigenvalue weighted by atomic mass is 35.5. The second kappa shape index (κ2) is 3.61. The maximum Gasteiger partial charge on any atom is 0.224 e. The predicted octanol–water partition coefficient (Wildman–Crippen LogP) is 3.34. The molecule has 0 saturated heterocycles. The van der Waals surface area contributed by atoms with Gasteiger partial charge in [-0.15, -0.1) is 0 Å². The van der Waals surface area contributed by atoms with E-state index in [4.69, 9.17) is 27.9 Å². The zero-order chi connectivity index (χ0) is 11.1. The summed E-state index contributed by atoms with van der Waals surface area (Å²) in [6, 6.07) is 7.64. The fourth-order valence-electron chi connectivity index (χ4n) is 1.72. The van der Waals surface area contributed by atoms with Gasteiger partial charge >= 0.3 is 0 Å². The van der Waals surface area contributed by atoms with Crippen LogP contribution in [0.2, 0.25) is 10.4 Å². The summed E-state index contributed by atoms with van der Waals surface area (Å²) in [5, 5.41) is 0.505. The highest BCUT2D eigenvalue weighted by molar-refractivity contribution is 6.32. The van der Waals surface area contributed by atoms with Crippen molar-refractivity contribution in [1.82, 2.24) is 9.97 Å². The van der Waals surface area contributed by atoms with Crippen molar-refractivity contribution in [2.24, 2.45) is 0 Å². The summed E-state index contributed by atoms with van der Waals surface area (Å²) in [5.74, 6) is 0.792. The third kappa shape index (κ3) is 1.44. The molecule has 16 heavy (non-hydrogen) atoms. The Morgan fingerprint density at radius 3 is 2.81 bits per heavy atom. The number of hydrogen-bond acceptors (Lipinski definition) is 3. The molecule has 0 amide bonds. The average Bonchev–Trinajstić information content (AvgIpc) is 2.28. The van der Waals surface area contributed by atoms with Gasteiger partial charge in [-0.3, -0.25) is 0 Å². The van der Waals surface area contributed by atoms with Gasteiger partial charge in [-0.1, -0.05) is 23.7 Å². The van der Waals surface area contributed by atoms with Crippen LogP contribution in [0.15, 0.2) is 24.3 Å². The van der Waals surface area contributed by atoms with E-state index >= 15 is 0 Å². The van der Waals surface area contributed by atoms with Crippen LogP contribution in [0.3, 0.4) is 0 Å². The maximum absolute atomic E-state index is 6.00. The second-order valence-electron chi connectivity index (χ2n) is 3.40. The van der Waals surface area contributed by atoms with Gasteiger partial charge in [-0.2, -0.15) is 0 Å². The van der Waals surface area contributed by atoms with Gasteiger partial charge < -0.3 is 4.74 Å². The summed E-state index contributed by atoms with van der Waals surface area (Å²) in [7, 11) is 0. The van der Waals surface area contributed by atoms with Crippen LogP contribution < -0.4 is 4.74 Å². The standard InChI is InChI=1S/C11H6Cl2N2O/c12-10-7-5-16-8-4-2-1-3-6(8)9(7)14-11(13)15-10/h1-4H,5H2. The molecule has 80 valence electrons. The fourth-order valence-corrected chi connectivity index (χ4v) is 2.16. The van der Waals surface area contributed by atoms with E-state index in [9.17, 15) is 0 Å². The van der Waals surface area contributed by atoms with Crippen molar-refractivity contribution < 1.29 is 4.74 Å². The summed E-state index contributed by atoms with van der Waals surface area (Å²) < 4.78 is 5.56. The van der Waals surface area contributed by atoms with Crippen LogP contribution in [0.25, 0.3) is 11.3 Å². The molecule has 0 fully saturated rings. The third-order valence-electron chi connectivity index (χ3n) is 2.44. The quantitative estimate of drug-likeness (QED) is 0.533. The van der Waals surface area contributed by atoms with E-state index in [0.717, 1.165) is 22.6 Å². The minimum absolute atomic E-state index is 0.153. The van der Waals surface area contributed by atoms with E-state index in [1.807, 2.05) is 24.3 Å². The van der Waals surface area contributed by atoms with E-state index < -0.39 is 0 Å². The van der Waals surface area contributed by atoms with Gasteiger partial charge in [0.15, 0.2) is 0 Å². The lowest BCUT2D eigenvalue weighted by Gasteiger charge is -2.20. The molecule has 2 heterocycles. The molecule has 3 rings (SSSR count). The van der Waals surface area contributed by atoms with Gasteiger partial charge in [0.2, 0.25) is 5.28 Å². The van der Waals surface area contributed by atoms with Crippen molar-refractivity contribution in [2.45, 2.75) is 6.61 Å². The lowest BCUT2D eigenvalue weighted by Crippen LogP contribution is -2.09. The van der Waals surface area contributed by atoms with Crippen LogP contribution in [0.5, 0.6) is 5.75 Å². The molecule has 1 aromatic carbocycles. The Bertz CT molecular complexity index is 572. The molecule has 0 radical (unpaired) electrons. The lowest BCUT2D eigenvalue weighted by molar-refractivity contribution is 0.301. The van der Waals surface area contributed by atoms with Crippen LogP contribution in [0.1, 0.15) is 5.56 Å². The highest BCUT2D eigenvalue weighted by Gasteiger charge is 2.22. The van der Waals surface area contributed by atoms with Crippen LogP contribution in [0, 0.1) is 0 Å². The summed E-state index contributed by atoms with van der Waals surface area (Å²) in [6.45, 7) is 0.377. The zero-order valence-corrected chi connectivity index (χ0v) is 9.59. The Morgan fingerprint density at radius 1 is 1.12 bits per heavy atom. The molecule has 0 unspecified atom stereocenters. The molecule has 0 N–H and O–H groups in total. The first-order valence-corrected chi connectivity index (χ1v) is 5.45. The summed E-state index contributed by atoms with van der Waals surface area (Å²) >= 11 is 11.8. The second-order valence-corrected chi connectivity index (χ2v) is 4.09. The van der Waals surface area contributed by atoms with Crippen molar-refractivity contribution in [3.63, 3.8) is 0 Å². The number of rotatable bonds is 0. The zero-order valence-electron chi connectivity index (χ0n) is 8.08. The Balaban J connectivity index is 2.31. The molecule has 0 bridgehead atoms. The molecule has 3 nitrogen and oxygen atoms in total. The van der Waals surface area contributed by atoms with Crippen LogP contribution in [0.4, 0.5) is 0 Å². The van der Waals surface area contributed by atoms with Gasteiger partial charge in [0.05, 0.1) is 11.3 Å². The largest absolute Gasteiger partial charge is 0.488 e. The molecule has 1 aromatic heterocycles. The Hall–Kier alpha value is -1.32. The van der Waals surface area contributed by atoms with Crippen molar-refractivity contribution in [3.8, 4) is 17.0 Å². The minimum atomic E-state index is 0.153. The van der Waals surface area contributed by atoms with Gasteiger partial charge in [-0.25, -0.2) is 9.97 Å². The molecule has 0 atom stereocenters. The average molecular weight is 253 g/mol. The van der Waals surface area contributed by atoms with Crippen molar-refractivity contribution in [1.29, 1.82) is 0 Å². The number of aromatic nitrogens is 2. The number of ether oxygens (including phenoxy) is 1. The monoisotopic (exact) mass is 252 g/mol. The molecule has 1 aliphatic rings. The lowest BCUT2D eigenvalue weighted by atomic mass is 10.0. The Kier molecular flexibility index (Phi) is 2.23. The number of para-hydroxylation sites is 1. The number of fused-ring (bicyclic) bond motifs is 3. The fraction of sp³-hybridized carbons (Fsp3) is 0.0909. The number of nitrogens with zero attached hydrogens (tertiary/aromatic N) is 2. The topological polar surface area (TPSA) is 35.0 Å². The van der Waals surface area contributed by atoms with Gasteiger partial charge in [0, 0.05) is 5.56 Å². The highest BCUT2D eigenvalue weighted by Crippen LogP contribution is 2.38. The third-order valence-corrected chi connectivity index (χ3v) is 2.93. The minimum Gasteiger partial charge on any atom is -0.488 e. The van der Waals surface area contributed by atoms with Crippen molar-refractivity contribution >= 4 is 23.2 Å². The summed E-state index contributed by atoms with van der Waals surface area (Å²) in [5.41, 5.74) is 2.44. The number of hydrogen-bond donors (Lipinski definition) is 0. The first kappa shape index (κ1) is 9.87. The Labute approximate surface area is 102 Å². The van der Waals surface area contributed by atoms with Gasteiger partial charge in [0.25, 0.3) is 0 Å². The predicted molar refractivity (Wildman–Crippen MR) is 61.8 cm³/mol. The molecular formula is C11H6Cl2N2O. The normalized spacial score (nSPS) is 12.6. The molecule has 5 heteroatoms. The summed E-state index contributed by atoms with van der Waals surface area (Å²) in [4.78, 5) is 8.11. The summed E-state index contributed by atoms with van der Waals surface area (Å²) in [6.07, 6.45) is 0. The number of halogens is 2.